The number of halogens is 2. The predicted molar refractivity (Wildman–Crippen MR) is 36.2 cm³/mol. The van der Waals surface area contributed by atoms with Crippen LogP contribution in [0.5, 0.6) is 0 Å². The van der Waals surface area contributed by atoms with Gasteiger partial charge in [0, 0.05) is 6.42 Å². The van der Waals surface area contributed by atoms with Crippen molar-refractivity contribution < 1.29 is 13.9 Å². The summed E-state index contributed by atoms with van der Waals surface area (Å²) in [7, 11) is 0. The van der Waals surface area contributed by atoms with E-state index in [-0.39, 0.29) is 6.42 Å². The molecule has 0 atom stereocenters. The van der Waals surface area contributed by atoms with Crippen LogP contribution in [0, 0.1) is 0 Å². The summed E-state index contributed by atoms with van der Waals surface area (Å²) in [4.78, 5) is 0. The van der Waals surface area contributed by atoms with Crippen LogP contribution in [0.1, 0.15) is 32.6 Å². The molecule has 0 radical (unpaired) electrons. The molecule has 0 bridgehead atoms. The second-order valence-corrected chi connectivity index (χ2v) is 2.47. The smallest absolute Gasteiger partial charge is 0.270 e. The maximum Gasteiger partial charge on any atom is 0.270 e. The lowest BCUT2D eigenvalue weighted by Gasteiger charge is -2.11. The number of hydrogen-bond acceptors (Lipinski definition) is 1. The Morgan fingerprint density at radius 1 is 1.30 bits per heavy atom. The van der Waals surface area contributed by atoms with Crippen molar-refractivity contribution in [2.24, 2.45) is 0 Å². The molecule has 0 saturated heterocycles. The van der Waals surface area contributed by atoms with Gasteiger partial charge in [-0.2, -0.15) is 0 Å². The maximum absolute atomic E-state index is 12.2. The van der Waals surface area contributed by atoms with Gasteiger partial charge in [0.15, 0.2) is 0 Å². The lowest BCUT2D eigenvalue weighted by atomic mass is 10.1. The van der Waals surface area contributed by atoms with Crippen molar-refractivity contribution in [3.8, 4) is 0 Å². The third-order valence-corrected chi connectivity index (χ3v) is 1.38. The molecule has 0 saturated carbocycles. The standard InChI is InChI=1S/C7H14F2O/c1-2-3-4-5-7(8,9)6-10/h10H,2-6H2,1H3. The Hall–Kier alpha value is -0.180. The fourth-order valence-electron chi connectivity index (χ4n) is 0.713. The van der Waals surface area contributed by atoms with Crippen LogP contribution in [0.3, 0.4) is 0 Å². The quantitative estimate of drug-likeness (QED) is 0.599. The van der Waals surface area contributed by atoms with Crippen LogP contribution >= 0.6 is 0 Å². The molecule has 0 aliphatic carbocycles. The van der Waals surface area contributed by atoms with Crippen LogP contribution in [-0.2, 0) is 0 Å². The van der Waals surface area contributed by atoms with Crippen LogP contribution in [0.4, 0.5) is 8.78 Å². The summed E-state index contributed by atoms with van der Waals surface area (Å²) in [5.41, 5.74) is 0. The third kappa shape index (κ3) is 4.68. The number of aliphatic hydroxyl groups excluding tert-OH is 1. The van der Waals surface area contributed by atoms with Gasteiger partial charge in [-0.3, -0.25) is 0 Å². The van der Waals surface area contributed by atoms with Crippen LogP contribution in [0.25, 0.3) is 0 Å². The van der Waals surface area contributed by atoms with Gasteiger partial charge in [-0.05, 0) is 6.42 Å². The molecule has 0 rings (SSSR count). The van der Waals surface area contributed by atoms with E-state index < -0.39 is 12.5 Å². The normalized spacial score (nSPS) is 12.0. The minimum Gasteiger partial charge on any atom is -0.390 e. The van der Waals surface area contributed by atoms with Crippen LogP contribution in [0.2, 0.25) is 0 Å². The van der Waals surface area contributed by atoms with Gasteiger partial charge in [0.2, 0.25) is 0 Å². The zero-order valence-corrected chi connectivity index (χ0v) is 6.24. The summed E-state index contributed by atoms with van der Waals surface area (Å²) >= 11 is 0. The van der Waals surface area contributed by atoms with E-state index in [0.29, 0.717) is 6.42 Å². The third-order valence-electron chi connectivity index (χ3n) is 1.38. The molecule has 1 N–H and O–H groups in total. The lowest BCUT2D eigenvalue weighted by Crippen LogP contribution is -2.20. The van der Waals surface area contributed by atoms with Gasteiger partial charge in [0.25, 0.3) is 5.92 Å². The number of hydrogen-bond donors (Lipinski definition) is 1. The van der Waals surface area contributed by atoms with Crippen molar-refractivity contribution in [3.63, 3.8) is 0 Å². The molecule has 0 aliphatic rings. The van der Waals surface area contributed by atoms with Crippen molar-refractivity contribution >= 4 is 0 Å². The highest BCUT2D eigenvalue weighted by Crippen LogP contribution is 2.20. The Kier molecular flexibility index (Phi) is 4.52. The fraction of sp³-hybridized carbons (Fsp3) is 1.00. The Bertz CT molecular complexity index is 83.7. The molecule has 3 heteroatoms. The van der Waals surface area contributed by atoms with E-state index in [1.165, 1.54) is 0 Å². The Morgan fingerprint density at radius 2 is 1.90 bits per heavy atom. The van der Waals surface area contributed by atoms with Gasteiger partial charge in [-0.15, -0.1) is 0 Å². The first-order valence-electron chi connectivity index (χ1n) is 3.61. The summed E-state index contributed by atoms with van der Waals surface area (Å²) in [5, 5.41) is 8.14. The van der Waals surface area contributed by atoms with E-state index in [1.807, 2.05) is 6.92 Å². The average Bonchev–Trinajstić information content (AvgIpc) is 1.89. The minimum absolute atomic E-state index is 0.183. The molecule has 0 fully saturated rings. The zero-order chi connectivity index (χ0) is 8.04. The van der Waals surface area contributed by atoms with Crippen molar-refractivity contribution in [1.82, 2.24) is 0 Å². The summed E-state index contributed by atoms with van der Waals surface area (Å²) in [6.45, 7) is 0.938. The molecule has 0 aromatic rings. The molecule has 0 aromatic carbocycles. The molecule has 0 aliphatic heterocycles. The topological polar surface area (TPSA) is 20.2 Å². The van der Waals surface area contributed by atoms with E-state index in [2.05, 4.69) is 0 Å². The van der Waals surface area contributed by atoms with Crippen LogP contribution in [0.15, 0.2) is 0 Å². The molecule has 0 heterocycles. The van der Waals surface area contributed by atoms with E-state index in [0.717, 1.165) is 12.8 Å². The lowest BCUT2D eigenvalue weighted by molar-refractivity contribution is -0.0577. The SMILES string of the molecule is CCCCCC(F)(F)CO. The number of rotatable bonds is 5. The molecule has 0 unspecified atom stereocenters. The Labute approximate surface area is 60.1 Å². The fourth-order valence-corrected chi connectivity index (χ4v) is 0.713. The molecule has 0 spiro atoms. The second-order valence-electron chi connectivity index (χ2n) is 2.47. The van der Waals surface area contributed by atoms with Crippen molar-refractivity contribution in [3.05, 3.63) is 0 Å². The van der Waals surface area contributed by atoms with Crippen molar-refractivity contribution in [1.29, 1.82) is 0 Å². The maximum atomic E-state index is 12.2. The first-order chi connectivity index (χ1) is 4.62. The number of aliphatic hydroxyl groups is 1. The molecular formula is C7H14F2O. The highest BCUT2D eigenvalue weighted by molar-refractivity contribution is 4.63. The highest BCUT2D eigenvalue weighted by Gasteiger charge is 2.26. The minimum atomic E-state index is -2.85. The zero-order valence-electron chi connectivity index (χ0n) is 6.24. The van der Waals surface area contributed by atoms with Crippen LogP contribution < -0.4 is 0 Å². The predicted octanol–water partition coefficient (Wildman–Crippen LogP) is 2.19. The van der Waals surface area contributed by atoms with Gasteiger partial charge in [0.1, 0.15) is 6.61 Å². The van der Waals surface area contributed by atoms with Crippen LogP contribution in [-0.4, -0.2) is 17.6 Å². The summed E-state index contributed by atoms with van der Waals surface area (Å²) in [5.74, 6) is -2.85. The highest BCUT2D eigenvalue weighted by atomic mass is 19.3. The summed E-state index contributed by atoms with van der Waals surface area (Å²) in [6.07, 6.45) is 2.07. The van der Waals surface area contributed by atoms with Gasteiger partial charge in [-0.25, -0.2) is 8.78 Å². The van der Waals surface area contributed by atoms with E-state index >= 15 is 0 Å². The van der Waals surface area contributed by atoms with Gasteiger partial charge < -0.3 is 5.11 Å². The number of alkyl halides is 2. The molecule has 1 nitrogen and oxygen atoms in total. The number of unbranched alkanes of at least 4 members (excludes halogenated alkanes) is 2. The molecule has 0 aromatic heterocycles. The van der Waals surface area contributed by atoms with Gasteiger partial charge in [-0.1, -0.05) is 19.8 Å². The van der Waals surface area contributed by atoms with Crippen molar-refractivity contribution in [2.45, 2.75) is 38.5 Å². The molecular weight excluding hydrogens is 138 g/mol. The Morgan fingerprint density at radius 3 is 2.30 bits per heavy atom. The van der Waals surface area contributed by atoms with E-state index in [9.17, 15) is 8.78 Å². The summed E-state index contributed by atoms with van der Waals surface area (Å²) < 4.78 is 24.5. The molecule has 10 heavy (non-hydrogen) atoms. The largest absolute Gasteiger partial charge is 0.390 e. The Balaban J connectivity index is 3.28. The van der Waals surface area contributed by atoms with Gasteiger partial charge in [0.05, 0.1) is 0 Å². The van der Waals surface area contributed by atoms with Gasteiger partial charge >= 0.3 is 0 Å². The van der Waals surface area contributed by atoms with E-state index in [1.54, 1.807) is 0 Å². The first-order valence-corrected chi connectivity index (χ1v) is 3.61. The molecule has 0 amide bonds. The van der Waals surface area contributed by atoms with E-state index in [4.69, 9.17) is 5.11 Å². The van der Waals surface area contributed by atoms with Crippen molar-refractivity contribution in [2.75, 3.05) is 6.61 Å². The summed E-state index contributed by atoms with van der Waals surface area (Å²) in [6, 6.07) is 0. The molecule has 62 valence electrons. The first kappa shape index (κ1) is 9.82. The monoisotopic (exact) mass is 152 g/mol. The second kappa shape index (κ2) is 4.61. The average molecular weight is 152 g/mol.